The lowest BCUT2D eigenvalue weighted by Gasteiger charge is -2.08. The number of benzene rings is 1. The van der Waals surface area contributed by atoms with Crippen LogP contribution in [0.4, 0.5) is 0 Å². The summed E-state index contributed by atoms with van der Waals surface area (Å²) < 4.78 is 0. The highest BCUT2D eigenvalue weighted by Crippen LogP contribution is 2.45. The fraction of sp³-hybridized carbons (Fsp3) is 0.308. The molecule has 0 saturated heterocycles. The summed E-state index contributed by atoms with van der Waals surface area (Å²) in [5.41, 5.74) is 10.8. The summed E-state index contributed by atoms with van der Waals surface area (Å²) in [5.74, 6) is 0.379. The topological polar surface area (TPSA) is 95.1 Å². The van der Waals surface area contributed by atoms with E-state index in [1.54, 1.807) is 12.4 Å². The molecule has 2 aliphatic rings. The van der Waals surface area contributed by atoms with Gasteiger partial charge in [0.05, 0.1) is 18.0 Å². The largest absolute Gasteiger partial charge is 0.359 e. The van der Waals surface area contributed by atoms with Crippen molar-refractivity contribution in [3.8, 4) is 0 Å². The van der Waals surface area contributed by atoms with E-state index >= 15 is 0 Å². The summed E-state index contributed by atoms with van der Waals surface area (Å²) in [7, 11) is 0. The minimum Gasteiger partial charge on any atom is -0.359 e. The number of H-pyrrole nitrogens is 1. The quantitative estimate of drug-likeness (QED) is 0.350. The first-order chi connectivity index (χ1) is 16.2. The Bertz CT molecular complexity index is 1190. The number of nitrogens with zero attached hydrogens (tertiary/aromatic N) is 3. The third kappa shape index (κ3) is 4.78. The van der Waals surface area contributed by atoms with Crippen molar-refractivity contribution < 1.29 is 4.79 Å². The first-order valence-electron chi connectivity index (χ1n) is 11.5. The minimum absolute atomic E-state index is 0.192. The fourth-order valence-electron chi connectivity index (χ4n) is 4.47. The van der Waals surface area contributed by atoms with Gasteiger partial charge in [0.15, 0.2) is 0 Å². The standard InChI is InChI=1S/C26H28N6O/c1-17-21(8-5-12-27-15-18-6-3-2-4-7-18)24(19-9-10-19)23(30-17)14-22-25(31-32-26(22)33)20-11-13-28-29-16-20/h2-4,6-7,11,13-14,16,19,27,30H,5,8-10,12,15H2,1H3,(H,32,33). The Kier molecular flexibility index (Phi) is 6.13. The van der Waals surface area contributed by atoms with Crippen molar-refractivity contribution in [2.75, 3.05) is 6.54 Å². The van der Waals surface area contributed by atoms with E-state index in [-0.39, 0.29) is 5.91 Å². The first kappa shape index (κ1) is 21.3. The summed E-state index contributed by atoms with van der Waals surface area (Å²) >= 11 is 0. The Morgan fingerprint density at radius 2 is 2.00 bits per heavy atom. The van der Waals surface area contributed by atoms with Gasteiger partial charge in [-0.1, -0.05) is 30.3 Å². The molecule has 0 unspecified atom stereocenters. The normalized spacial score (nSPS) is 16.8. The van der Waals surface area contributed by atoms with E-state index in [0.717, 1.165) is 37.2 Å². The van der Waals surface area contributed by atoms with Gasteiger partial charge in [-0.25, -0.2) is 5.43 Å². The molecule has 0 bridgehead atoms. The van der Waals surface area contributed by atoms with Gasteiger partial charge in [-0.3, -0.25) is 4.79 Å². The number of hydrogen-bond donors (Lipinski definition) is 3. The number of rotatable bonds is 9. The second kappa shape index (κ2) is 9.50. The van der Waals surface area contributed by atoms with Gasteiger partial charge in [-0.15, -0.1) is 0 Å². The van der Waals surface area contributed by atoms with Crippen LogP contribution in [0.1, 0.15) is 58.8 Å². The Morgan fingerprint density at radius 1 is 1.15 bits per heavy atom. The van der Waals surface area contributed by atoms with Crippen molar-refractivity contribution >= 4 is 17.7 Å². The minimum atomic E-state index is -0.192. The summed E-state index contributed by atoms with van der Waals surface area (Å²) in [5, 5.41) is 15.5. The Balaban J connectivity index is 1.32. The third-order valence-electron chi connectivity index (χ3n) is 6.24. The average molecular weight is 441 g/mol. The van der Waals surface area contributed by atoms with Crippen LogP contribution in [0.15, 0.2) is 59.5 Å². The van der Waals surface area contributed by atoms with Crippen molar-refractivity contribution in [2.45, 2.75) is 45.1 Å². The van der Waals surface area contributed by atoms with Crippen molar-refractivity contribution in [1.82, 2.24) is 25.9 Å². The van der Waals surface area contributed by atoms with Crippen LogP contribution in [0, 0.1) is 6.92 Å². The molecule has 1 aliphatic heterocycles. The maximum atomic E-state index is 12.6. The second-order valence-corrected chi connectivity index (χ2v) is 8.69. The predicted molar refractivity (Wildman–Crippen MR) is 129 cm³/mol. The van der Waals surface area contributed by atoms with E-state index in [9.17, 15) is 4.79 Å². The lowest BCUT2D eigenvalue weighted by atomic mass is 9.97. The molecule has 1 aliphatic carbocycles. The Morgan fingerprint density at radius 3 is 2.76 bits per heavy atom. The molecule has 2 aromatic heterocycles. The third-order valence-corrected chi connectivity index (χ3v) is 6.24. The molecule has 7 heteroatoms. The highest BCUT2D eigenvalue weighted by molar-refractivity contribution is 6.33. The highest BCUT2D eigenvalue weighted by Gasteiger charge is 2.32. The number of hydrazone groups is 1. The fourth-order valence-corrected chi connectivity index (χ4v) is 4.47. The molecular formula is C26H28N6O. The average Bonchev–Trinajstić information content (AvgIpc) is 3.55. The van der Waals surface area contributed by atoms with Gasteiger partial charge in [0, 0.05) is 23.5 Å². The molecule has 0 spiro atoms. The monoisotopic (exact) mass is 440 g/mol. The number of amides is 1. The summed E-state index contributed by atoms with van der Waals surface area (Å²) in [6, 6.07) is 12.3. The molecule has 168 valence electrons. The van der Waals surface area contributed by atoms with Gasteiger partial charge in [0.1, 0.15) is 5.71 Å². The van der Waals surface area contributed by atoms with Crippen molar-refractivity contribution in [1.29, 1.82) is 0 Å². The maximum Gasteiger partial charge on any atom is 0.273 e. The van der Waals surface area contributed by atoms with E-state index in [2.05, 4.69) is 62.2 Å². The van der Waals surface area contributed by atoms with Crippen LogP contribution in [-0.2, 0) is 17.8 Å². The molecule has 1 saturated carbocycles. The van der Waals surface area contributed by atoms with Crippen LogP contribution in [0.25, 0.3) is 6.08 Å². The number of aromatic amines is 1. The molecule has 1 fully saturated rings. The summed E-state index contributed by atoms with van der Waals surface area (Å²) in [4.78, 5) is 16.1. The highest BCUT2D eigenvalue weighted by atomic mass is 16.2. The summed E-state index contributed by atoms with van der Waals surface area (Å²) in [6.07, 6.45) is 9.68. The van der Waals surface area contributed by atoms with Crippen LogP contribution < -0.4 is 10.7 Å². The molecule has 3 heterocycles. The molecule has 0 radical (unpaired) electrons. The molecule has 3 N–H and O–H groups in total. The lowest BCUT2D eigenvalue weighted by molar-refractivity contribution is -0.116. The molecule has 1 amide bonds. The van der Waals surface area contributed by atoms with Gasteiger partial charge >= 0.3 is 0 Å². The zero-order valence-electron chi connectivity index (χ0n) is 18.8. The van der Waals surface area contributed by atoms with Crippen LogP contribution in [0.5, 0.6) is 0 Å². The van der Waals surface area contributed by atoms with E-state index < -0.39 is 0 Å². The van der Waals surface area contributed by atoms with Crippen LogP contribution in [0.2, 0.25) is 0 Å². The van der Waals surface area contributed by atoms with Gasteiger partial charge in [-0.05, 0) is 73.9 Å². The molecule has 1 aromatic carbocycles. The Labute approximate surface area is 193 Å². The van der Waals surface area contributed by atoms with Gasteiger partial charge in [0.25, 0.3) is 5.91 Å². The van der Waals surface area contributed by atoms with E-state index in [0.29, 0.717) is 17.2 Å². The van der Waals surface area contributed by atoms with E-state index in [1.165, 1.54) is 35.2 Å². The molecule has 5 rings (SSSR count). The first-order valence-corrected chi connectivity index (χ1v) is 11.5. The maximum absolute atomic E-state index is 12.6. The number of aryl methyl sites for hydroxylation is 1. The van der Waals surface area contributed by atoms with Gasteiger partial charge in [0.2, 0.25) is 0 Å². The molecule has 7 nitrogen and oxygen atoms in total. The Hall–Kier alpha value is -3.58. The summed E-state index contributed by atoms with van der Waals surface area (Å²) in [6.45, 7) is 3.99. The number of aromatic nitrogens is 3. The molecular weight excluding hydrogens is 412 g/mol. The zero-order chi connectivity index (χ0) is 22.6. The molecule has 0 atom stereocenters. The predicted octanol–water partition coefficient (Wildman–Crippen LogP) is 3.63. The van der Waals surface area contributed by atoms with Crippen LogP contribution >= 0.6 is 0 Å². The zero-order valence-corrected chi connectivity index (χ0v) is 18.8. The number of hydrogen-bond acceptors (Lipinski definition) is 5. The molecule has 3 aromatic rings. The van der Waals surface area contributed by atoms with E-state index in [1.807, 2.05) is 18.2 Å². The lowest BCUT2D eigenvalue weighted by Crippen LogP contribution is -2.15. The van der Waals surface area contributed by atoms with Crippen molar-refractivity contribution in [2.24, 2.45) is 5.10 Å². The second-order valence-electron chi connectivity index (χ2n) is 8.69. The van der Waals surface area contributed by atoms with Gasteiger partial charge in [-0.2, -0.15) is 15.3 Å². The molecule has 33 heavy (non-hydrogen) atoms. The van der Waals surface area contributed by atoms with Crippen LogP contribution in [0.3, 0.4) is 0 Å². The number of carbonyl (C=O) groups excluding carboxylic acids is 1. The number of nitrogens with one attached hydrogen (secondary N) is 3. The SMILES string of the molecule is Cc1[nH]c(C=C2C(=O)NN=C2c2ccnnc2)c(C2CC2)c1CCCNCc1ccccc1. The van der Waals surface area contributed by atoms with Crippen LogP contribution in [-0.4, -0.2) is 33.3 Å². The smallest absolute Gasteiger partial charge is 0.273 e. The van der Waals surface area contributed by atoms with E-state index in [4.69, 9.17) is 0 Å². The number of carbonyl (C=O) groups is 1. The van der Waals surface area contributed by atoms with Crippen molar-refractivity contribution in [3.63, 3.8) is 0 Å². The van der Waals surface area contributed by atoms with Crippen molar-refractivity contribution in [3.05, 3.63) is 88.0 Å². The van der Waals surface area contributed by atoms with Gasteiger partial charge < -0.3 is 10.3 Å².